The zero-order valence-corrected chi connectivity index (χ0v) is 12.2. The number of aliphatic hydroxyl groups excluding tert-OH is 1. The Balaban J connectivity index is 2.74. The molecule has 0 saturated carbocycles. The molecule has 1 unspecified atom stereocenters. The van der Waals surface area contributed by atoms with Crippen molar-refractivity contribution in [3.8, 4) is 0 Å². The van der Waals surface area contributed by atoms with E-state index >= 15 is 0 Å². The van der Waals surface area contributed by atoms with E-state index in [1.165, 1.54) is 6.92 Å². The number of rotatable bonds is 6. The van der Waals surface area contributed by atoms with Crippen molar-refractivity contribution in [2.45, 2.75) is 19.4 Å². The Bertz CT molecular complexity index is 434. The van der Waals surface area contributed by atoms with Crippen LogP contribution in [0.5, 0.6) is 0 Å². The van der Waals surface area contributed by atoms with Gasteiger partial charge in [0.2, 0.25) is 11.8 Å². The van der Waals surface area contributed by atoms with Gasteiger partial charge in [-0.3, -0.25) is 9.59 Å². The van der Waals surface area contributed by atoms with Gasteiger partial charge in [0, 0.05) is 17.9 Å². The van der Waals surface area contributed by atoms with Crippen LogP contribution in [0, 0.1) is 0 Å². The minimum absolute atomic E-state index is 0.102. The fourth-order valence-electron chi connectivity index (χ4n) is 1.65. The maximum atomic E-state index is 11.7. The molecule has 19 heavy (non-hydrogen) atoms. The molecule has 6 heteroatoms. The second kappa shape index (κ2) is 7.91. The van der Waals surface area contributed by atoms with Crippen LogP contribution in [0.25, 0.3) is 0 Å². The van der Waals surface area contributed by atoms with Crippen molar-refractivity contribution in [1.82, 2.24) is 10.6 Å². The Kier molecular flexibility index (Phi) is 6.52. The molecule has 0 heterocycles. The molecule has 0 fully saturated rings. The highest BCUT2D eigenvalue weighted by molar-refractivity contribution is 9.10. The van der Waals surface area contributed by atoms with Gasteiger partial charge in [-0.25, -0.2) is 0 Å². The summed E-state index contributed by atoms with van der Waals surface area (Å²) in [5, 5.41) is 14.0. The molecule has 1 rings (SSSR count). The van der Waals surface area contributed by atoms with Gasteiger partial charge in [0.05, 0.1) is 19.1 Å². The molecule has 0 aliphatic heterocycles. The van der Waals surface area contributed by atoms with Crippen molar-refractivity contribution in [3.63, 3.8) is 0 Å². The lowest BCUT2D eigenvalue weighted by atomic mass is 10.0. The summed E-state index contributed by atoms with van der Waals surface area (Å²) in [6, 6.07) is 7.05. The van der Waals surface area contributed by atoms with E-state index in [9.17, 15) is 9.59 Å². The van der Waals surface area contributed by atoms with E-state index in [4.69, 9.17) is 5.11 Å². The number of halogens is 1. The summed E-state index contributed by atoms with van der Waals surface area (Å²) in [7, 11) is 0. The number of nitrogens with one attached hydrogen (secondary N) is 2. The Morgan fingerprint density at radius 2 is 1.95 bits per heavy atom. The van der Waals surface area contributed by atoms with Gasteiger partial charge in [-0.15, -0.1) is 0 Å². The van der Waals surface area contributed by atoms with Crippen LogP contribution in [0.3, 0.4) is 0 Å². The first-order valence-electron chi connectivity index (χ1n) is 5.93. The van der Waals surface area contributed by atoms with E-state index < -0.39 is 0 Å². The normalized spacial score (nSPS) is 11.7. The number of carbonyl (C=O) groups is 2. The zero-order valence-electron chi connectivity index (χ0n) is 10.6. The summed E-state index contributed by atoms with van der Waals surface area (Å²) in [6.07, 6.45) is 0.140. The van der Waals surface area contributed by atoms with E-state index in [0.717, 1.165) is 10.0 Å². The van der Waals surface area contributed by atoms with E-state index in [1.54, 1.807) is 0 Å². The number of aliphatic hydroxyl groups is 1. The van der Waals surface area contributed by atoms with Gasteiger partial charge in [0.1, 0.15) is 0 Å². The van der Waals surface area contributed by atoms with Gasteiger partial charge >= 0.3 is 0 Å². The lowest BCUT2D eigenvalue weighted by Crippen LogP contribution is -2.33. The molecule has 3 N–H and O–H groups in total. The Hall–Kier alpha value is -1.40. The predicted molar refractivity (Wildman–Crippen MR) is 75.4 cm³/mol. The van der Waals surface area contributed by atoms with Crippen LogP contribution < -0.4 is 10.6 Å². The van der Waals surface area contributed by atoms with Gasteiger partial charge < -0.3 is 15.7 Å². The van der Waals surface area contributed by atoms with Crippen LogP contribution in [0.15, 0.2) is 28.7 Å². The summed E-state index contributed by atoms with van der Waals surface area (Å²) in [5.74, 6) is -0.404. The SMILES string of the molecule is CC(=O)NC(CC(=O)NCCO)c1ccc(Br)cc1. The Labute approximate surface area is 120 Å². The molecule has 0 aliphatic rings. The number of hydrogen-bond donors (Lipinski definition) is 3. The average molecular weight is 329 g/mol. The number of benzene rings is 1. The van der Waals surface area contributed by atoms with Gasteiger partial charge in [-0.2, -0.15) is 0 Å². The maximum absolute atomic E-state index is 11.7. The molecule has 0 spiro atoms. The maximum Gasteiger partial charge on any atom is 0.222 e. The van der Waals surface area contributed by atoms with Crippen LogP contribution in [-0.2, 0) is 9.59 Å². The van der Waals surface area contributed by atoms with Crippen LogP contribution in [0.2, 0.25) is 0 Å². The number of hydrogen-bond acceptors (Lipinski definition) is 3. The van der Waals surface area contributed by atoms with Crippen molar-refractivity contribution < 1.29 is 14.7 Å². The largest absolute Gasteiger partial charge is 0.395 e. The van der Waals surface area contributed by atoms with E-state index in [-0.39, 0.29) is 37.4 Å². The smallest absolute Gasteiger partial charge is 0.222 e. The molecule has 0 bridgehead atoms. The van der Waals surface area contributed by atoms with E-state index in [1.807, 2.05) is 24.3 Å². The quantitative estimate of drug-likeness (QED) is 0.732. The molecule has 2 amide bonds. The lowest BCUT2D eigenvalue weighted by Gasteiger charge is -2.18. The van der Waals surface area contributed by atoms with Gasteiger partial charge in [0.15, 0.2) is 0 Å². The second-order valence-corrected chi connectivity index (χ2v) is 5.00. The minimum Gasteiger partial charge on any atom is -0.395 e. The number of amides is 2. The molecular weight excluding hydrogens is 312 g/mol. The summed E-state index contributed by atoms with van der Waals surface area (Å²) in [6.45, 7) is 1.53. The zero-order chi connectivity index (χ0) is 14.3. The third-order valence-corrected chi connectivity index (χ3v) is 3.00. The minimum atomic E-state index is -0.371. The molecule has 0 aliphatic carbocycles. The van der Waals surface area contributed by atoms with Crippen LogP contribution >= 0.6 is 15.9 Å². The van der Waals surface area contributed by atoms with Crippen LogP contribution in [0.1, 0.15) is 24.9 Å². The van der Waals surface area contributed by atoms with Crippen molar-refractivity contribution in [2.24, 2.45) is 0 Å². The highest BCUT2D eigenvalue weighted by atomic mass is 79.9. The monoisotopic (exact) mass is 328 g/mol. The summed E-state index contributed by atoms with van der Waals surface area (Å²) in [5.41, 5.74) is 0.859. The first kappa shape index (κ1) is 15.7. The Morgan fingerprint density at radius 1 is 1.32 bits per heavy atom. The molecule has 0 aromatic heterocycles. The molecule has 0 radical (unpaired) electrons. The standard InChI is InChI=1S/C13H17BrN2O3/c1-9(18)16-12(8-13(19)15-6-7-17)10-2-4-11(14)5-3-10/h2-5,12,17H,6-8H2,1H3,(H,15,19)(H,16,18). The van der Waals surface area contributed by atoms with Crippen LogP contribution in [0.4, 0.5) is 0 Å². The summed E-state index contributed by atoms with van der Waals surface area (Å²) >= 11 is 3.34. The third-order valence-electron chi connectivity index (χ3n) is 2.47. The van der Waals surface area contributed by atoms with Crippen molar-refractivity contribution in [2.75, 3.05) is 13.2 Å². The fraction of sp³-hybridized carbons (Fsp3) is 0.385. The highest BCUT2D eigenvalue weighted by Gasteiger charge is 2.16. The molecule has 5 nitrogen and oxygen atoms in total. The lowest BCUT2D eigenvalue weighted by molar-refractivity contribution is -0.122. The highest BCUT2D eigenvalue weighted by Crippen LogP contribution is 2.19. The molecule has 1 aromatic rings. The third kappa shape index (κ3) is 5.85. The van der Waals surface area contributed by atoms with Crippen molar-refractivity contribution in [1.29, 1.82) is 0 Å². The Morgan fingerprint density at radius 3 is 2.47 bits per heavy atom. The van der Waals surface area contributed by atoms with E-state index in [2.05, 4.69) is 26.6 Å². The van der Waals surface area contributed by atoms with Gasteiger partial charge in [-0.05, 0) is 17.7 Å². The van der Waals surface area contributed by atoms with Crippen LogP contribution in [-0.4, -0.2) is 30.1 Å². The molecule has 1 atom stereocenters. The summed E-state index contributed by atoms with van der Waals surface area (Å²) < 4.78 is 0.933. The number of carbonyl (C=O) groups excluding carboxylic acids is 2. The average Bonchev–Trinajstić information content (AvgIpc) is 2.36. The predicted octanol–water partition coefficient (Wildman–Crippen LogP) is 1.12. The van der Waals surface area contributed by atoms with Crippen molar-refractivity contribution >= 4 is 27.7 Å². The first-order valence-corrected chi connectivity index (χ1v) is 6.72. The fourth-order valence-corrected chi connectivity index (χ4v) is 1.91. The first-order chi connectivity index (χ1) is 9.02. The topological polar surface area (TPSA) is 78.4 Å². The van der Waals surface area contributed by atoms with E-state index in [0.29, 0.717) is 0 Å². The molecule has 0 saturated heterocycles. The molecule has 1 aromatic carbocycles. The second-order valence-electron chi connectivity index (χ2n) is 4.08. The summed E-state index contributed by atoms with van der Waals surface area (Å²) in [4.78, 5) is 22.8. The van der Waals surface area contributed by atoms with Gasteiger partial charge in [0.25, 0.3) is 0 Å². The van der Waals surface area contributed by atoms with Crippen molar-refractivity contribution in [3.05, 3.63) is 34.3 Å². The molecule has 104 valence electrons. The van der Waals surface area contributed by atoms with Gasteiger partial charge in [-0.1, -0.05) is 28.1 Å². The molecular formula is C13H17BrN2O3.